The van der Waals surface area contributed by atoms with Gasteiger partial charge in [-0.3, -0.25) is 9.59 Å². The second-order valence-corrected chi connectivity index (χ2v) is 8.16. The molecule has 1 saturated carbocycles. The summed E-state index contributed by atoms with van der Waals surface area (Å²) in [5.74, 6) is -0.0886. The summed E-state index contributed by atoms with van der Waals surface area (Å²) in [4.78, 5) is 28.0. The quantitative estimate of drug-likeness (QED) is 0.680. The molecule has 1 fully saturated rings. The molecule has 5 heteroatoms. The maximum Gasteiger partial charge on any atom is 0.243 e. The van der Waals surface area contributed by atoms with Gasteiger partial charge in [0.15, 0.2) is 0 Å². The predicted octanol–water partition coefficient (Wildman–Crippen LogP) is 4.75. The minimum Gasteiger partial charge on any atom is -0.352 e. The van der Waals surface area contributed by atoms with Crippen LogP contribution in [0.4, 0.5) is 0 Å². The molecule has 0 radical (unpaired) electrons. The average molecular weight is 413 g/mol. The Morgan fingerprint density at radius 2 is 1.69 bits per heavy atom. The first-order valence-corrected chi connectivity index (χ1v) is 10.8. The highest BCUT2D eigenvalue weighted by molar-refractivity contribution is 6.30. The maximum atomic E-state index is 13.2. The van der Waals surface area contributed by atoms with E-state index in [1.165, 1.54) is 0 Å². The molecular formula is C24H29ClN2O2. The molecule has 2 aromatic carbocycles. The van der Waals surface area contributed by atoms with Crippen molar-refractivity contribution in [1.29, 1.82) is 0 Å². The number of hydrogen-bond donors (Lipinski definition) is 1. The van der Waals surface area contributed by atoms with Crippen molar-refractivity contribution in [3.8, 4) is 0 Å². The third kappa shape index (κ3) is 6.07. The summed E-state index contributed by atoms with van der Waals surface area (Å²) in [5, 5.41) is 3.82. The molecule has 29 heavy (non-hydrogen) atoms. The van der Waals surface area contributed by atoms with Gasteiger partial charge in [-0.05, 0) is 42.5 Å². The number of nitrogens with zero attached hydrogens (tertiary/aromatic N) is 1. The molecule has 1 N–H and O–H groups in total. The van der Waals surface area contributed by atoms with Gasteiger partial charge in [0, 0.05) is 17.6 Å². The number of carbonyl (C=O) groups excluding carboxylic acids is 2. The molecule has 0 saturated heterocycles. The van der Waals surface area contributed by atoms with Crippen LogP contribution in [0.25, 0.3) is 0 Å². The van der Waals surface area contributed by atoms with Gasteiger partial charge in [0.25, 0.3) is 0 Å². The normalized spacial score (nSPS) is 15.1. The second kappa shape index (κ2) is 10.4. The van der Waals surface area contributed by atoms with Gasteiger partial charge >= 0.3 is 0 Å². The Balaban J connectivity index is 1.79. The lowest BCUT2D eigenvalue weighted by atomic mass is 10.1. The van der Waals surface area contributed by atoms with E-state index in [0.717, 1.165) is 36.8 Å². The van der Waals surface area contributed by atoms with Crippen LogP contribution < -0.4 is 5.32 Å². The summed E-state index contributed by atoms with van der Waals surface area (Å²) in [6.07, 6.45) is 5.22. The number of carbonyl (C=O) groups is 2. The lowest BCUT2D eigenvalue weighted by Gasteiger charge is -2.31. The van der Waals surface area contributed by atoms with E-state index in [-0.39, 0.29) is 24.3 Å². The highest BCUT2D eigenvalue weighted by atomic mass is 35.5. The molecule has 0 bridgehead atoms. The Labute approximate surface area is 178 Å². The topological polar surface area (TPSA) is 49.4 Å². The van der Waals surface area contributed by atoms with Crippen LogP contribution in [-0.2, 0) is 22.6 Å². The molecule has 0 spiro atoms. The van der Waals surface area contributed by atoms with Crippen LogP contribution in [-0.4, -0.2) is 28.8 Å². The van der Waals surface area contributed by atoms with Gasteiger partial charge < -0.3 is 10.2 Å². The third-order valence-electron chi connectivity index (χ3n) is 5.55. The Morgan fingerprint density at radius 3 is 2.31 bits per heavy atom. The molecule has 3 rings (SSSR count). The Morgan fingerprint density at radius 1 is 1.03 bits per heavy atom. The zero-order valence-corrected chi connectivity index (χ0v) is 17.7. The molecule has 2 aromatic rings. The van der Waals surface area contributed by atoms with E-state index in [0.29, 0.717) is 18.0 Å². The minimum atomic E-state index is -0.484. The highest BCUT2D eigenvalue weighted by Crippen LogP contribution is 2.20. The van der Waals surface area contributed by atoms with Crippen LogP contribution in [0.15, 0.2) is 54.6 Å². The summed E-state index contributed by atoms with van der Waals surface area (Å²) in [5.41, 5.74) is 1.91. The molecule has 1 unspecified atom stereocenters. The number of rotatable bonds is 8. The fraction of sp³-hybridized carbons (Fsp3) is 0.417. The van der Waals surface area contributed by atoms with Gasteiger partial charge in [0.2, 0.25) is 11.8 Å². The molecule has 1 atom stereocenters. The van der Waals surface area contributed by atoms with Crippen molar-refractivity contribution in [2.24, 2.45) is 0 Å². The summed E-state index contributed by atoms with van der Waals surface area (Å²) in [7, 11) is 0. The highest BCUT2D eigenvalue weighted by Gasteiger charge is 2.30. The van der Waals surface area contributed by atoms with Gasteiger partial charge in [0.05, 0.1) is 6.42 Å². The lowest BCUT2D eigenvalue weighted by molar-refractivity contribution is -0.141. The fourth-order valence-electron chi connectivity index (χ4n) is 3.95. The van der Waals surface area contributed by atoms with E-state index in [1.54, 1.807) is 4.90 Å². The summed E-state index contributed by atoms with van der Waals surface area (Å²) in [6, 6.07) is 16.9. The molecular weight excluding hydrogens is 384 g/mol. The number of benzene rings is 2. The van der Waals surface area contributed by atoms with Crippen LogP contribution in [0.5, 0.6) is 0 Å². The van der Waals surface area contributed by atoms with Crippen LogP contribution in [0, 0.1) is 0 Å². The van der Waals surface area contributed by atoms with E-state index in [9.17, 15) is 9.59 Å². The average Bonchev–Trinajstić information content (AvgIpc) is 3.23. The molecule has 0 heterocycles. The molecule has 4 nitrogen and oxygen atoms in total. The van der Waals surface area contributed by atoms with E-state index < -0.39 is 6.04 Å². The van der Waals surface area contributed by atoms with Crippen molar-refractivity contribution in [3.63, 3.8) is 0 Å². The maximum absolute atomic E-state index is 13.2. The molecule has 1 aliphatic carbocycles. The lowest BCUT2D eigenvalue weighted by Crippen LogP contribution is -2.51. The Hall–Kier alpha value is -2.33. The Bertz CT molecular complexity index is 801. The van der Waals surface area contributed by atoms with Crippen molar-refractivity contribution < 1.29 is 9.59 Å². The molecule has 0 aliphatic heterocycles. The number of amides is 2. The van der Waals surface area contributed by atoms with Crippen molar-refractivity contribution in [1.82, 2.24) is 10.2 Å². The number of halogens is 1. The zero-order valence-electron chi connectivity index (χ0n) is 16.9. The van der Waals surface area contributed by atoms with Crippen LogP contribution in [0.3, 0.4) is 0 Å². The minimum absolute atomic E-state index is 0.0421. The fourth-order valence-corrected chi connectivity index (χ4v) is 4.07. The molecule has 1 aliphatic rings. The summed E-state index contributed by atoms with van der Waals surface area (Å²) in [6.45, 7) is 2.35. The van der Waals surface area contributed by atoms with Crippen LogP contribution in [0.1, 0.15) is 50.2 Å². The predicted molar refractivity (Wildman–Crippen MR) is 117 cm³/mol. The molecule has 0 aromatic heterocycles. The zero-order chi connectivity index (χ0) is 20.6. The third-order valence-corrected chi connectivity index (χ3v) is 5.80. The van der Waals surface area contributed by atoms with Gasteiger partial charge in [-0.2, -0.15) is 0 Å². The van der Waals surface area contributed by atoms with Crippen LogP contribution in [0.2, 0.25) is 5.02 Å². The summed E-state index contributed by atoms with van der Waals surface area (Å²) >= 11 is 6.01. The van der Waals surface area contributed by atoms with Crippen molar-refractivity contribution in [3.05, 3.63) is 70.7 Å². The molecule has 2 amide bonds. The molecule has 154 valence electrons. The SMILES string of the molecule is CCC(C(=O)NC1CCCC1)N(Cc1ccc(Cl)cc1)C(=O)Cc1ccccc1. The first kappa shape index (κ1) is 21.4. The first-order chi connectivity index (χ1) is 14.1. The number of nitrogens with one attached hydrogen (secondary N) is 1. The van der Waals surface area contributed by atoms with Crippen molar-refractivity contribution >= 4 is 23.4 Å². The van der Waals surface area contributed by atoms with E-state index in [2.05, 4.69) is 5.32 Å². The monoisotopic (exact) mass is 412 g/mol. The van der Waals surface area contributed by atoms with E-state index in [4.69, 9.17) is 11.6 Å². The van der Waals surface area contributed by atoms with E-state index in [1.807, 2.05) is 61.5 Å². The number of hydrogen-bond acceptors (Lipinski definition) is 2. The van der Waals surface area contributed by atoms with Crippen molar-refractivity contribution in [2.45, 2.75) is 64.1 Å². The standard InChI is InChI=1S/C24H29ClN2O2/c1-2-22(24(29)26-21-10-6-7-11-21)27(17-19-12-14-20(25)15-13-19)23(28)16-18-8-4-3-5-9-18/h3-5,8-9,12-15,21-22H,2,6-7,10-11,16-17H2,1H3,(H,26,29). The van der Waals surface area contributed by atoms with Crippen LogP contribution >= 0.6 is 11.6 Å². The second-order valence-electron chi connectivity index (χ2n) is 7.72. The van der Waals surface area contributed by atoms with Gasteiger partial charge in [-0.1, -0.05) is 73.8 Å². The van der Waals surface area contributed by atoms with Gasteiger partial charge in [-0.25, -0.2) is 0 Å². The summed E-state index contributed by atoms with van der Waals surface area (Å²) < 4.78 is 0. The van der Waals surface area contributed by atoms with Crippen molar-refractivity contribution in [2.75, 3.05) is 0 Å². The first-order valence-electron chi connectivity index (χ1n) is 10.4. The van der Waals surface area contributed by atoms with Gasteiger partial charge in [-0.15, -0.1) is 0 Å². The largest absolute Gasteiger partial charge is 0.352 e. The Kier molecular flexibility index (Phi) is 7.70. The van der Waals surface area contributed by atoms with Gasteiger partial charge in [0.1, 0.15) is 6.04 Å². The van der Waals surface area contributed by atoms with E-state index >= 15 is 0 Å². The smallest absolute Gasteiger partial charge is 0.243 e.